The number of hydrogen-bond donors (Lipinski definition) is 1. The topological polar surface area (TPSA) is 46.5 Å². The third-order valence-corrected chi connectivity index (χ3v) is 4.44. The highest BCUT2D eigenvalue weighted by Crippen LogP contribution is 2.68. The van der Waals surface area contributed by atoms with E-state index in [9.17, 15) is 9.90 Å². The zero-order valence-corrected chi connectivity index (χ0v) is 13.7. The van der Waals surface area contributed by atoms with Gasteiger partial charge in [-0.05, 0) is 41.4 Å². The molecule has 1 saturated carbocycles. The van der Waals surface area contributed by atoms with Crippen molar-refractivity contribution in [3.8, 4) is 5.75 Å². The lowest BCUT2D eigenvalue weighted by atomic mass is 9.79. The Morgan fingerprint density at radius 3 is 2.19 bits per heavy atom. The predicted molar refractivity (Wildman–Crippen MR) is 82.8 cm³/mol. The Morgan fingerprint density at radius 2 is 1.76 bits per heavy atom. The highest BCUT2D eigenvalue weighted by atomic mass is 16.5. The molecule has 0 heterocycles. The molecule has 3 nitrogen and oxygen atoms in total. The molecular weight excluding hydrogens is 264 g/mol. The van der Waals surface area contributed by atoms with Crippen LogP contribution in [0.5, 0.6) is 5.75 Å². The first-order chi connectivity index (χ1) is 9.56. The van der Waals surface area contributed by atoms with Crippen molar-refractivity contribution in [1.29, 1.82) is 0 Å². The molecule has 0 spiro atoms. The maximum absolute atomic E-state index is 12.6. The number of phenols is 1. The van der Waals surface area contributed by atoms with Crippen LogP contribution in [0.2, 0.25) is 0 Å². The van der Waals surface area contributed by atoms with Crippen LogP contribution < -0.4 is 0 Å². The molecular formula is C18H26O3. The average Bonchev–Trinajstić information content (AvgIpc) is 2.88. The van der Waals surface area contributed by atoms with E-state index in [2.05, 4.69) is 34.6 Å². The van der Waals surface area contributed by atoms with Gasteiger partial charge in [0.1, 0.15) is 12.4 Å². The number of ether oxygens (including phenoxy) is 1. The van der Waals surface area contributed by atoms with E-state index in [1.54, 1.807) is 24.3 Å². The molecule has 0 bridgehead atoms. The standard InChI is InChI=1S/C18H26O3/c1-16(2,3)11-18(12-17(18,4)5)15(20)21-10-13-6-8-14(19)9-7-13/h6-9,19H,10-12H2,1-5H3. The first-order valence-electron chi connectivity index (χ1n) is 7.51. The minimum atomic E-state index is -0.345. The molecule has 0 aromatic heterocycles. The summed E-state index contributed by atoms with van der Waals surface area (Å²) in [4.78, 5) is 12.6. The summed E-state index contributed by atoms with van der Waals surface area (Å²) in [7, 11) is 0. The molecule has 0 aliphatic heterocycles. The zero-order chi connectivity index (χ0) is 15.9. The summed E-state index contributed by atoms with van der Waals surface area (Å²) < 4.78 is 5.56. The molecule has 1 aliphatic rings. The second-order valence-electron chi connectivity index (χ2n) is 8.12. The van der Waals surface area contributed by atoms with Gasteiger partial charge in [-0.3, -0.25) is 4.79 Å². The second kappa shape index (κ2) is 5.04. The Morgan fingerprint density at radius 1 is 1.24 bits per heavy atom. The Balaban J connectivity index is 2.02. The number of carbonyl (C=O) groups excluding carboxylic acids is 1. The van der Waals surface area contributed by atoms with Crippen molar-refractivity contribution in [2.45, 2.75) is 54.1 Å². The molecule has 1 atom stereocenters. The van der Waals surface area contributed by atoms with Crippen molar-refractivity contribution >= 4 is 5.97 Å². The van der Waals surface area contributed by atoms with Crippen LogP contribution in [0.15, 0.2) is 24.3 Å². The fourth-order valence-corrected chi connectivity index (χ4v) is 3.22. The van der Waals surface area contributed by atoms with Gasteiger partial charge in [0, 0.05) is 0 Å². The molecule has 0 amide bonds. The number of hydrogen-bond acceptors (Lipinski definition) is 3. The Labute approximate surface area is 127 Å². The molecule has 1 fully saturated rings. The van der Waals surface area contributed by atoms with Crippen LogP contribution in [0.4, 0.5) is 0 Å². The lowest BCUT2D eigenvalue weighted by Crippen LogP contribution is -2.28. The summed E-state index contributed by atoms with van der Waals surface area (Å²) in [5.41, 5.74) is 0.672. The van der Waals surface area contributed by atoms with Crippen molar-refractivity contribution in [3.05, 3.63) is 29.8 Å². The number of carbonyl (C=O) groups is 1. The number of aromatic hydroxyl groups is 1. The Hall–Kier alpha value is -1.51. The van der Waals surface area contributed by atoms with E-state index in [-0.39, 0.29) is 34.6 Å². The normalized spacial score (nSPS) is 23.7. The molecule has 1 aromatic carbocycles. The molecule has 0 saturated heterocycles. The summed E-state index contributed by atoms with van der Waals surface area (Å²) in [5, 5.41) is 9.26. The molecule has 21 heavy (non-hydrogen) atoms. The van der Waals surface area contributed by atoms with Crippen molar-refractivity contribution in [2.24, 2.45) is 16.2 Å². The van der Waals surface area contributed by atoms with Gasteiger partial charge in [-0.1, -0.05) is 46.8 Å². The first-order valence-corrected chi connectivity index (χ1v) is 7.51. The molecule has 1 N–H and O–H groups in total. The first kappa shape index (κ1) is 15.9. The second-order valence-corrected chi connectivity index (χ2v) is 8.12. The number of esters is 1. The van der Waals surface area contributed by atoms with Gasteiger partial charge in [-0.2, -0.15) is 0 Å². The van der Waals surface area contributed by atoms with Crippen molar-refractivity contribution < 1.29 is 14.6 Å². The van der Waals surface area contributed by atoms with Gasteiger partial charge < -0.3 is 9.84 Å². The van der Waals surface area contributed by atoms with Crippen LogP contribution >= 0.6 is 0 Å². The zero-order valence-electron chi connectivity index (χ0n) is 13.7. The summed E-state index contributed by atoms with van der Waals surface area (Å²) in [6.07, 6.45) is 1.74. The van der Waals surface area contributed by atoms with Gasteiger partial charge in [0.25, 0.3) is 0 Å². The third-order valence-electron chi connectivity index (χ3n) is 4.44. The van der Waals surface area contributed by atoms with Gasteiger partial charge in [-0.25, -0.2) is 0 Å². The van der Waals surface area contributed by atoms with Crippen LogP contribution in [-0.4, -0.2) is 11.1 Å². The molecule has 1 unspecified atom stereocenters. The summed E-state index contributed by atoms with van der Waals surface area (Å²) in [6.45, 7) is 11.0. The van der Waals surface area contributed by atoms with E-state index in [1.807, 2.05) is 0 Å². The van der Waals surface area contributed by atoms with Crippen LogP contribution in [0.3, 0.4) is 0 Å². The van der Waals surface area contributed by atoms with Crippen LogP contribution in [0.25, 0.3) is 0 Å². The number of rotatable bonds is 4. The maximum Gasteiger partial charge on any atom is 0.312 e. The molecule has 1 aliphatic carbocycles. The fourth-order valence-electron chi connectivity index (χ4n) is 3.22. The number of benzene rings is 1. The summed E-state index contributed by atoms with van der Waals surface area (Å²) in [5.74, 6) is 0.133. The third kappa shape index (κ3) is 3.39. The van der Waals surface area contributed by atoms with E-state index in [4.69, 9.17) is 4.74 Å². The molecule has 2 rings (SSSR count). The maximum atomic E-state index is 12.6. The van der Waals surface area contributed by atoms with Crippen LogP contribution in [-0.2, 0) is 16.1 Å². The number of phenolic OH excluding ortho intramolecular Hbond substituents is 1. The van der Waals surface area contributed by atoms with Crippen molar-refractivity contribution in [2.75, 3.05) is 0 Å². The van der Waals surface area contributed by atoms with E-state index in [0.29, 0.717) is 0 Å². The van der Waals surface area contributed by atoms with Crippen LogP contribution in [0, 0.1) is 16.2 Å². The minimum Gasteiger partial charge on any atom is -0.508 e. The van der Waals surface area contributed by atoms with Crippen molar-refractivity contribution in [1.82, 2.24) is 0 Å². The smallest absolute Gasteiger partial charge is 0.312 e. The highest BCUT2D eigenvalue weighted by Gasteiger charge is 2.67. The molecule has 116 valence electrons. The van der Waals surface area contributed by atoms with E-state index < -0.39 is 0 Å². The molecule has 3 heteroatoms. The Kier molecular flexibility index (Phi) is 3.81. The lowest BCUT2D eigenvalue weighted by Gasteiger charge is -2.27. The monoisotopic (exact) mass is 290 g/mol. The quantitative estimate of drug-likeness (QED) is 0.841. The van der Waals surface area contributed by atoms with Crippen molar-refractivity contribution in [3.63, 3.8) is 0 Å². The van der Waals surface area contributed by atoms with Gasteiger partial charge in [-0.15, -0.1) is 0 Å². The van der Waals surface area contributed by atoms with Gasteiger partial charge in [0.05, 0.1) is 5.41 Å². The summed E-state index contributed by atoms with van der Waals surface area (Å²) >= 11 is 0. The SMILES string of the molecule is CC(C)(C)CC1(C(=O)OCc2ccc(O)cc2)CC1(C)C. The minimum absolute atomic E-state index is 0.0202. The van der Waals surface area contributed by atoms with E-state index in [1.165, 1.54) is 0 Å². The lowest BCUT2D eigenvalue weighted by molar-refractivity contribution is -0.154. The largest absolute Gasteiger partial charge is 0.508 e. The average molecular weight is 290 g/mol. The highest BCUT2D eigenvalue weighted by molar-refractivity contribution is 5.81. The van der Waals surface area contributed by atoms with Gasteiger partial charge in [0.2, 0.25) is 0 Å². The van der Waals surface area contributed by atoms with Gasteiger partial charge >= 0.3 is 5.97 Å². The summed E-state index contributed by atoms with van der Waals surface area (Å²) in [6, 6.07) is 6.76. The Bertz CT molecular complexity index is 522. The molecule has 0 radical (unpaired) electrons. The fraction of sp³-hybridized carbons (Fsp3) is 0.611. The van der Waals surface area contributed by atoms with E-state index in [0.717, 1.165) is 18.4 Å². The predicted octanol–water partition coefficient (Wildman–Crippen LogP) is 4.29. The van der Waals surface area contributed by atoms with Crippen LogP contribution in [0.1, 0.15) is 53.0 Å². The molecule has 1 aromatic rings. The van der Waals surface area contributed by atoms with E-state index >= 15 is 0 Å². The van der Waals surface area contributed by atoms with Gasteiger partial charge in [0.15, 0.2) is 0 Å².